The molecule has 2 atom stereocenters. The molecule has 5 nitrogen and oxygen atoms in total. The molecule has 0 saturated carbocycles. The molecule has 7 heteroatoms. The topological polar surface area (TPSA) is 63.2 Å². The van der Waals surface area contributed by atoms with Gasteiger partial charge in [-0.3, -0.25) is 9.78 Å². The molecule has 0 radical (unpaired) electrons. The summed E-state index contributed by atoms with van der Waals surface area (Å²) in [5.74, 6) is 1.19. The zero-order chi connectivity index (χ0) is 16.1. The first kappa shape index (κ1) is 21.2. The van der Waals surface area contributed by atoms with E-state index in [1.165, 1.54) is 0 Å². The molecule has 2 heterocycles. The van der Waals surface area contributed by atoms with Gasteiger partial charge in [-0.25, -0.2) is 0 Å². The lowest BCUT2D eigenvalue weighted by Gasteiger charge is -2.28. The number of halogens is 2. The molecular weight excluding hydrogens is 361 g/mol. The van der Waals surface area contributed by atoms with Crippen LogP contribution in [0.3, 0.4) is 0 Å². The van der Waals surface area contributed by atoms with Crippen molar-refractivity contribution >= 4 is 30.7 Å². The van der Waals surface area contributed by atoms with Crippen molar-refractivity contribution in [1.29, 1.82) is 0 Å². The highest BCUT2D eigenvalue weighted by Crippen LogP contribution is 2.21. The lowest BCUT2D eigenvalue weighted by Crippen LogP contribution is -2.46. The Morgan fingerprint density at radius 1 is 1.20 bits per heavy atom. The molecule has 1 saturated heterocycles. The summed E-state index contributed by atoms with van der Waals surface area (Å²) < 4.78 is 5.75. The lowest BCUT2D eigenvalue weighted by atomic mass is 10.0. The highest BCUT2D eigenvalue weighted by Gasteiger charge is 2.21. The number of piperidine rings is 1. The second kappa shape index (κ2) is 10.2. The second-order valence-corrected chi connectivity index (χ2v) is 5.84. The van der Waals surface area contributed by atoms with Crippen LogP contribution >= 0.6 is 24.8 Å². The fraction of sp³-hybridized carbons (Fsp3) is 0.333. The van der Waals surface area contributed by atoms with Gasteiger partial charge in [0.2, 0.25) is 0 Å². The maximum atomic E-state index is 12.4. The lowest BCUT2D eigenvalue weighted by molar-refractivity contribution is 0.0920. The molecule has 2 N–H and O–H groups in total. The van der Waals surface area contributed by atoms with E-state index < -0.39 is 0 Å². The Balaban J connectivity index is 0.00000156. The number of hydrogen-bond acceptors (Lipinski definition) is 4. The van der Waals surface area contributed by atoms with Gasteiger partial charge in [-0.2, -0.15) is 0 Å². The summed E-state index contributed by atoms with van der Waals surface area (Å²) in [5, 5.41) is 6.43. The molecule has 25 heavy (non-hydrogen) atoms. The van der Waals surface area contributed by atoms with E-state index in [2.05, 4.69) is 22.5 Å². The first-order chi connectivity index (χ1) is 11.2. The molecule has 0 spiro atoms. The predicted octanol–water partition coefficient (Wildman–Crippen LogP) is 3.59. The molecule has 1 aromatic heterocycles. The Bertz CT molecular complexity index is 670. The van der Waals surface area contributed by atoms with Crippen LogP contribution in [0.1, 0.15) is 30.3 Å². The van der Waals surface area contributed by atoms with Crippen LogP contribution < -0.4 is 15.4 Å². The molecule has 0 aliphatic carbocycles. The minimum atomic E-state index is -0.150. The fourth-order valence-electron chi connectivity index (χ4n) is 2.75. The van der Waals surface area contributed by atoms with Crippen LogP contribution in [0.15, 0.2) is 48.7 Å². The van der Waals surface area contributed by atoms with E-state index in [1.807, 2.05) is 30.3 Å². The molecule has 1 amide bonds. The van der Waals surface area contributed by atoms with Crippen molar-refractivity contribution in [2.24, 2.45) is 0 Å². The molecule has 136 valence electrons. The molecule has 3 rings (SSSR count). The molecule has 1 aliphatic rings. The van der Waals surface area contributed by atoms with Gasteiger partial charge in [0.15, 0.2) is 0 Å². The summed E-state index contributed by atoms with van der Waals surface area (Å²) in [6.45, 7) is 3.06. The van der Waals surface area contributed by atoms with Gasteiger partial charge in [0.25, 0.3) is 5.91 Å². The standard InChI is InChI=1S/C18H21N3O2.2ClH/c1-13-11-14(7-9-19-13)21-18(22)17-12-16(8-10-20-17)23-15-5-3-2-4-6-15;;/h2-6,8,10,12-14,19H,7,9,11H2,1H3,(H,21,22);2*1H. The molecular formula is C18H23Cl2N3O2. The maximum Gasteiger partial charge on any atom is 0.270 e. The van der Waals surface area contributed by atoms with Crippen LogP contribution in [0.5, 0.6) is 11.5 Å². The quantitative estimate of drug-likeness (QED) is 0.846. The normalized spacial score (nSPS) is 19.1. The summed E-state index contributed by atoms with van der Waals surface area (Å²) in [7, 11) is 0. The van der Waals surface area contributed by atoms with Crippen molar-refractivity contribution in [3.63, 3.8) is 0 Å². The van der Waals surface area contributed by atoms with Gasteiger partial charge in [0.05, 0.1) is 0 Å². The van der Waals surface area contributed by atoms with E-state index in [-0.39, 0.29) is 36.8 Å². The van der Waals surface area contributed by atoms with E-state index >= 15 is 0 Å². The van der Waals surface area contributed by atoms with E-state index in [1.54, 1.807) is 18.3 Å². The van der Waals surface area contributed by atoms with Gasteiger partial charge in [-0.05, 0) is 44.5 Å². The second-order valence-electron chi connectivity index (χ2n) is 5.84. The number of carbonyl (C=O) groups excluding carboxylic acids is 1. The molecule has 2 aromatic rings. The zero-order valence-corrected chi connectivity index (χ0v) is 15.6. The van der Waals surface area contributed by atoms with Crippen LogP contribution in [-0.4, -0.2) is 29.5 Å². The third kappa shape index (κ3) is 6.20. The van der Waals surface area contributed by atoms with Gasteiger partial charge < -0.3 is 15.4 Å². The Morgan fingerprint density at radius 3 is 2.68 bits per heavy atom. The van der Waals surface area contributed by atoms with E-state index in [0.29, 0.717) is 17.5 Å². The van der Waals surface area contributed by atoms with Gasteiger partial charge in [-0.1, -0.05) is 18.2 Å². The fourth-order valence-corrected chi connectivity index (χ4v) is 2.75. The van der Waals surface area contributed by atoms with Crippen LogP contribution in [0.4, 0.5) is 0 Å². The third-order valence-electron chi connectivity index (χ3n) is 3.90. The van der Waals surface area contributed by atoms with Crippen molar-refractivity contribution in [2.45, 2.75) is 31.8 Å². The van der Waals surface area contributed by atoms with Crippen molar-refractivity contribution in [3.05, 3.63) is 54.4 Å². The number of rotatable bonds is 4. The van der Waals surface area contributed by atoms with Gasteiger partial charge in [0.1, 0.15) is 17.2 Å². The summed E-state index contributed by atoms with van der Waals surface area (Å²) in [6.07, 6.45) is 3.47. The van der Waals surface area contributed by atoms with Crippen LogP contribution in [-0.2, 0) is 0 Å². The number of amides is 1. The Labute approximate surface area is 160 Å². The van der Waals surface area contributed by atoms with E-state index in [4.69, 9.17) is 4.74 Å². The molecule has 1 aliphatic heterocycles. The van der Waals surface area contributed by atoms with Crippen LogP contribution in [0.2, 0.25) is 0 Å². The van der Waals surface area contributed by atoms with Gasteiger partial charge >= 0.3 is 0 Å². The average Bonchev–Trinajstić information content (AvgIpc) is 2.56. The average molecular weight is 384 g/mol. The summed E-state index contributed by atoms with van der Waals surface area (Å²) in [6, 6.07) is 13.5. The Hall–Kier alpha value is -1.82. The van der Waals surface area contributed by atoms with Crippen molar-refractivity contribution < 1.29 is 9.53 Å². The summed E-state index contributed by atoms with van der Waals surface area (Å²) in [4.78, 5) is 16.5. The van der Waals surface area contributed by atoms with Crippen LogP contribution in [0.25, 0.3) is 0 Å². The zero-order valence-electron chi connectivity index (χ0n) is 14.0. The number of nitrogens with one attached hydrogen (secondary N) is 2. The Kier molecular flexibility index (Phi) is 8.69. The maximum absolute atomic E-state index is 12.4. The number of ether oxygens (including phenoxy) is 1. The molecule has 2 unspecified atom stereocenters. The number of aromatic nitrogens is 1. The number of hydrogen-bond donors (Lipinski definition) is 2. The summed E-state index contributed by atoms with van der Waals surface area (Å²) in [5.41, 5.74) is 0.379. The van der Waals surface area contributed by atoms with E-state index in [9.17, 15) is 4.79 Å². The van der Waals surface area contributed by atoms with Crippen LogP contribution in [0, 0.1) is 0 Å². The first-order valence-electron chi connectivity index (χ1n) is 7.94. The molecule has 1 aromatic carbocycles. The number of carbonyl (C=O) groups is 1. The largest absolute Gasteiger partial charge is 0.457 e. The Morgan fingerprint density at radius 2 is 1.96 bits per heavy atom. The smallest absolute Gasteiger partial charge is 0.270 e. The summed E-state index contributed by atoms with van der Waals surface area (Å²) >= 11 is 0. The molecule has 1 fully saturated rings. The SMILES string of the molecule is CC1CC(NC(=O)c2cc(Oc3ccccc3)ccn2)CCN1.Cl.Cl. The van der Waals surface area contributed by atoms with Crippen molar-refractivity contribution in [1.82, 2.24) is 15.6 Å². The minimum absolute atomic E-state index is 0. The number of nitrogens with zero attached hydrogens (tertiary/aromatic N) is 1. The number of para-hydroxylation sites is 1. The monoisotopic (exact) mass is 383 g/mol. The third-order valence-corrected chi connectivity index (χ3v) is 3.90. The van der Waals surface area contributed by atoms with Crippen molar-refractivity contribution in [3.8, 4) is 11.5 Å². The number of pyridine rings is 1. The minimum Gasteiger partial charge on any atom is -0.457 e. The van der Waals surface area contributed by atoms with E-state index in [0.717, 1.165) is 25.1 Å². The highest BCUT2D eigenvalue weighted by molar-refractivity contribution is 5.92. The highest BCUT2D eigenvalue weighted by atomic mass is 35.5. The molecule has 0 bridgehead atoms. The van der Waals surface area contributed by atoms with Gasteiger partial charge in [-0.15, -0.1) is 24.8 Å². The predicted molar refractivity (Wildman–Crippen MR) is 103 cm³/mol. The van der Waals surface area contributed by atoms with Crippen molar-refractivity contribution in [2.75, 3.05) is 6.54 Å². The first-order valence-corrected chi connectivity index (χ1v) is 7.94. The number of benzene rings is 1. The van der Waals surface area contributed by atoms with Gasteiger partial charge in [0, 0.05) is 24.3 Å².